The number of aromatic nitrogens is 1. The van der Waals surface area contributed by atoms with Crippen LogP contribution in [0.3, 0.4) is 0 Å². The van der Waals surface area contributed by atoms with E-state index in [1.165, 1.54) is 0 Å². The van der Waals surface area contributed by atoms with Crippen LogP contribution in [-0.2, 0) is 6.42 Å². The van der Waals surface area contributed by atoms with Crippen molar-refractivity contribution in [1.29, 1.82) is 0 Å². The molecule has 0 saturated heterocycles. The van der Waals surface area contributed by atoms with Crippen molar-refractivity contribution in [3.05, 3.63) is 29.6 Å². The van der Waals surface area contributed by atoms with Gasteiger partial charge >= 0.3 is 0 Å². The van der Waals surface area contributed by atoms with Crippen LogP contribution >= 0.6 is 0 Å². The second-order valence-corrected chi connectivity index (χ2v) is 6.41. The molecule has 1 heterocycles. The van der Waals surface area contributed by atoms with Crippen molar-refractivity contribution in [3.8, 4) is 0 Å². The third kappa shape index (κ3) is 2.71. The van der Waals surface area contributed by atoms with Crippen LogP contribution in [0.5, 0.6) is 0 Å². The van der Waals surface area contributed by atoms with Crippen molar-refractivity contribution < 1.29 is 8.78 Å². The summed E-state index contributed by atoms with van der Waals surface area (Å²) in [6, 6.07) is 6.46. The zero-order valence-electron chi connectivity index (χ0n) is 12.0. The van der Waals surface area contributed by atoms with Gasteiger partial charge in [0.2, 0.25) is 0 Å². The first-order chi connectivity index (χ1) is 9.51. The maximum atomic E-state index is 13.3. The van der Waals surface area contributed by atoms with Crippen LogP contribution in [0.2, 0.25) is 0 Å². The minimum atomic E-state index is -2.37. The molecule has 110 valence electrons. The summed E-state index contributed by atoms with van der Waals surface area (Å²) in [5, 5.41) is 3.50. The molecule has 1 spiro atoms. The van der Waals surface area contributed by atoms with Crippen molar-refractivity contribution in [1.82, 2.24) is 10.3 Å². The first-order valence-electron chi connectivity index (χ1n) is 7.55. The van der Waals surface area contributed by atoms with Crippen molar-refractivity contribution in [2.75, 3.05) is 6.54 Å². The molecule has 2 fully saturated rings. The van der Waals surface area contributed by atoms with E-state index in [9.17, 15) is 8.78 Å². The third-order valence-corrected chi connectivity index (χ3v) is 4.91. The molecule has 3 rings (SSSR count). The fourth-order valence-electron chi connectivity index (χ4n) is 3.44. The van der Waals surface area contributed by atoms with Crippen molar-refractivity contribution in [2.24, 2.45) is 5.41 Å². The molecule has 4 heteroatoms. The maximum Gasteiger partial charge on any atom is 0.254 e. The van der Waals surface area contributed by atoms with Gasteiger partial charge in [-0.3, -0.25) is 4.98 Å². The number of aryl methyl sites for hydroxylation is 1. The Balaban J connectivity index is 1.40. The predicted molar refractivity (Wildman–Crippen MR) is 74.9 cm³/mol. The Bertz CT molecular complexity index is 479. The summed E-state index contributed by atoms with van der Waals surface area (Å²) >= 11 is 0. The summed E-state index contributed by atoms with van der Waals surface area (Å²) in [5.41, 5.74) is 1.51. The average molecular weight is 280 g/mol. The predicted octanol–water partition coefficient (Wildman–Crippen LogP) is 3.49. The van der Waals surface area contributed by atoms with E-state index in [1.54, 1.807) is 0 Å². The first-order valence-corrected chi connectivity index (χ1v) is 7.55. The maximum absolute atomic E-state index is 13.3. The SMILES string of the molecule is Cc1cccc(CCNC2CCC3(CC2)CC3(F)F)n1. The molecule has 0 aromatic carbocycles. The number of halogens is 2. The average Bonchev–Trinajstić information content (AvgIpc) is 2.93. The number of rotatable bonds is 4. The van der Waals surface area contributed by atoms with Crippen LogP contribution in [0.1, 0.15) is 43.5 Å². The molecule has 0 bridgehead atoms. The Kier molecular flexibility index (Phi) is 3.53. The Morgan fingerprint density at radius 2 is 2.00 bits per heavy atom. The summed E-state index contributed by atoms with van der Waals surface area (Å²) in [7, 11) is 0. The van der Waals surface area contributed by atoms with Crippen LogP contribution in [0, 0.1) is 12.3 Å². The molecular weight excluding hydrogens is 258 g/mol. The third-order valence-electron chi connectivity index (χ3n) is 4.91. The zero-order chi connectivity index (χ0) is 14.2. The van der Waals surface area contributed by atoms with Gasteiger partial charge in [0.1, 0.15) is 0 Å². The highest BCUT2D eigenvalue weighted by Gasteiger charge is 2.70. The molecule has 1 aromatic heterocycles. The van der Waals surface area contributed by atoms with Gasteiger partial charge in [0.15, 0.2) is 0 Å². The van der Waals surface area contributed by atoms with E-state index in [2.05, 4.69) is 10.3 Å². The highest BCUT2D eigenvalue weighted by atomic mass is 19.3. The fraction of sp³-hybridized carbons (Fsp3) is 0.688. The summed E-state index contributed by atoms with van der Waals surface area (Å²) in [5.74, 6) is -2.37. The molecule has 2 nitrogen and oxygen atoms in total. The van der Waals surface area contributed by atoms with Gasteiger partial charge in [-0.05, 0) is 44.7 Å². The molecule has 0 aliphatic heterocycles. The largest absolute Gasteiger partial charge is 0.314 e. The lowest BCUT2D eigenvalue weighted by Crippen LogP contribution is -2.36. The summed E-state index contributed by atoms with van der Waals surface area (Å²) in [4.78, 5) is 4.47. The van der Waals surface area contributed by atoms with E-state index in [0.29, 0.717) is 18.9 Å². The number of hydrogen-bond donors (Lipinski definition) is 1. The number of alkyl halides is 2. The molecular formula is C16H22F2N2. The highest BCUT2D eigenvalue weighted by molar-refractivity contribution is 5.12. The van der Waals surface area contributed by atoms with Crippen LogP contribution in [0.15, 0.2) is 18.2 Å². The smallest absolute Gasteiger partial charge is 0.254 e. The van der Waals surface area contributed by atoms with Gasteiger partial charge in [0, 0.05) is 42.2 Å². The van der Waals surface area contributed by atoms with Crippen molar-refractivity contribution >= 4 is 0 Å². The van der Waals surface area contributed by atoms with Gasteiger partial charge in [-0.2, -0.15) is 0 Å². The van der Waals surface area contributed by atoms with E-state index in [1.807, 2.05) is 25.1 Å². The monoisotopic (exact) mass is 280 g/mol. The number of nitrogens with one attached hydrogen (secondary N) is 1. The molecule has 2 saturated carbocycles. The van der Waals surface area contributed by atoms with Gasteiger partial charge in [-0.15, -0.1) is 0 Å². The van der Waals surface area contributed by atoms with Gasteiger partial charge in [0.25, 0.3) is 5.92 Å². The fourth-order valence-corrected chi connectivity index (χ4v) is 3.44. The van der Waals surface area contributed by atoms with Gasteiger partial charge in [0.05, 0.1) is 0 Å². The second-order valence-electron chi connectivity index (χ2n) is 6.41. The highest BCUT2D eigenvalue weighted by Crippen LogP contribution is 2.67. The van der Waals surface area contributed by atoms with Crippen LogP contribution in [0.25, 0.3) is 0 Å². The zero-order valence-corrected chi connectivity index (χ0v) is 12.0. The van der Waals surface area contributed by atoms with Crippen molar-refractivity contribution in [2.45, 2.75) is 57.4 Å². The molecule has 1 N–H and O–H groups in total. The van der Waals surface area contributed by atoms with Crippen LogP contribution in [-0.4, -0.2) is 23.5 Å². The van der Waals surface area contributed by atoms with E-state index < -0.39 is 11.3 Å². The lowest BCUT2D eigenvalue weighted by atomic mass is 9.83. The second kappa shape index (κ2) is 5.06. The molecule has 0 radical (unpaired) electrons. The topological polar surface area (TPSA) is 24.9 Å². The normalized spacial score (nSPS) is 31.4. The quantitative estimate of drug-likeness (QED) is 0.913. The van der Waals surface area contributed by atoms with Gasteiger partial charge < -0.3 is 5.32 Å². The number of pyridine rings is 1. The summed E-state index contributed by atoms with van der Waals surface area (Å²) in [6.07, 6.45) is 4.16. The minimum Gasteiger partial charge on any atom is -0.314 e. The van der Waals surface area contributed by atoms with E-state index in [0.717, 1.165) is 37.2 Å². The molecule has 2 aliphatic rings. The van der Waals surface area contributed by atoms with Crippen molar-refractivity contribution in [3.63, 3.8) is 0 Å². The molecule has 20 heavy (non-hydrogen) atoms. The summed E-state index contributed by atoms with van der Waals surface area (Å²) in [6.45, 7) is 2.87. The standard InChI is InChI=1S/C16H22F2N2/c1-12-3-2-4-14(20-12)7-10-19-13-5-8-15(9-6-13)11-16(15,17)18/h2-4,13,19H,5-11H2,1H3. The van der Waals surface area contributed by atoms with Gasteiger partial charge in [-0.25, -0.2) is 8.78 Å². The van der Waals surface area contributed by atoms with E-state index in [4.69, 9.17) is 0 Å². The Hall–Kier alpha value is -1.03. The van der Waals surface area contributed by atoms with Crippen LogP contribution < -0.4 is 5.32 Å². The van der Waals surface area contributed by atoms with E-state index >= 15 is 0 Å². The molecule has 0 amide bonds. The van der Waals surface area contributed by atoms with E-state index in [-0.39, 0.29) is 6.42 Å². The summed E-state index contributed by atoms with van der Waals surface area (Å²) < 4.78 is 26.6. The van der Waals surface area contributed by atoms with Gasteiger partial charge in [-0.1, -0.05) is 6.07 Å². The Morgan fingerprint density at radius 1 is 1.30 bits per heavy atom. The molecule has 1 aromatic rings. The Morgan fingerprint density at radius 3 is 2.60 bits per heavy atom. The lowest BCUT2D eigenvalue weighted by molar-refractivity contribution is 0.0439. The minimum absolute atomic E-state index is 0.125. The number of nitrogens with zero attached hydrogens (tertiary/aromatic N) is 1. The van der Waals surface area contributed by atoms with Crippen LogP contribution in [0.4, 0.5) is 8.78 Å². The molecule has 0 atom stereocenters. The Labute approximate surface area is 119 Å². The number of hydrogen-bond acceptors (Lipinski definition) is 2. The molecule has 2 aliphatic carbocycles. The lowest BCUT2D eigenvalue weighted by Gasteiger charge is -2.29. The molecule has 0 unspecified atom stereocenters. The first kappa shape index (κ1) is 13.9.